The fraction of sp³-hybridized carbons (Fsp3) is 0.240. The monoisotopic (exact) mass is 492 g/mol. The summed E-state index contributed by atoms with van der Waals surface area (Å²) in [4.78, 5) is 41.5. The molecule has 10 heteroatoms. The van der Waals surface area contributed by atoms with E-state index >= 15 is 0 Å². The average molecular weight is 493 g/mol. The van der Waals surface area contributed by atoms with Gasteiger partial charge < -0.3 is 14.5 Å². The number of hydrogen-bond acceptors (Lipinski definition) is 5. The van der Waals surface area contributed by atoms with Crippen molar-refractivity contribution in [1.82, 2.24) is 18.8 Å². The first-order valence-corrected chi connectivity index (χ1v) is 12.8. The van der Waals surface area contributed by atoms with Crippen molar-refractivity contribution in [2.24, 2.45) is 0 Å². The molecule has 1 amide bonds. The molecule has 0 aliphatic carbocycles. The molecule has 35 heavy (non-hydrogen) atoms. The maximum Gasteiger partial charge on any atom is 0.316 e. The molecule has 0 saturated carbocycles. The van der Waals surface area contributed by atoms with E-state index < -0.39 is 21.1 Å². The molecular weight excluding hydrogens is 468 g/mol. The van der Waals surface area contributed by atoms with Crippen LogP contribution >= 0.6 is 0 Å². The van der Waals surface area contributed by atoms with Gasteiger partial charge in [0.25, 0.3) is 5.91 Å². The highest BCUT2D eigenvalue weighted by Gasteiger charge is 2.30. The number of rotatable bonds is 4. The Bertz CT molecular complexity index is 1680. The van der Waals surface area contributed by atoms with Crippen LogP contribution in [0.1, 0.15) is 17.3 Å². The van der Waals surface area contributed by atoms with Gasteiger partial charge in [0.15, 0.2) is 0 Å². The second-order valence-electron chi connectivity index (χ2n) is 8.44. The van der Waals surface area contributed by atoms with E-state index in [4.69, 9.17) is 0 Å². The van der Waals surface area contributed by atoms with Gasteiger partial charge in [0, 0.05) is 38.3 Å². The average Bonchev–Trinajstić information content (AvgIpc) is 2.88. The second-order valence-corrected chi connectivity index (χ2v) is 10.4. The van der Waals surface area contributed by atoms with Crippen LogP contribution in [0.2, 0.25) is 0 Å². The maximum absolute atomic E-state index is 13.2. The molecular formula is C25H24N4O5S. The van der Waals surface area contributed by atoms with Gasteiger partial charge >= 0.3 is 11.1 Å². The quantitative estimate of drug-likeness (QED) is 0.438. The van der Waals surface area contributed by atoms with Crippen LogP contribution in [0.15, 0.2) is 75.1 Å². The van der Waals surface area contributed by atoms with Gasteiger partial charge in [-0.25, -0.2) is 8.42 Å². The summed E-state index contributed by atoms with van der Waals surface area (Å²) in [5, 5.41) is 1.82. The molecule has 0 spiro atoms. The highest BCUT2D eigenvalue weighted by atomic mass is 32.2. The number of sulfonamides is 1. The number of hydrogen-bond donors (Lipinski definition) is 1. The molecule has 180 valence electrons. The van der Waals surface area contributed by atoms with Gasteiger partial charge in [0.2, 0.25) is 10.0 Å². The van der Waals surface area contributed by atoms with Gasteiger partial charge in [-0.3, -0.25) is 14.4 Å². The Morgan fingerprint density at radius 1 is 0.914 bits per heavy atom. The van der Waals surface area contributed by atoms with Crippen LogP contribution in [0, 0.1) is 0 Å². The Hall–Kier alpha value is -3.76. The summed E-state index contributed by atoms with van der Waals surface area (Å²) in [6.45, 7) is 2.95. The van der Waals surface area contributed by atoms with Crippen LogP contribution in [-0.2, 0) is 16.6 Å². The molecule has 9 nitrogen and oxygen atoms in total. The molecule has 4 aromatic rings. The molecule has 0 radical (unpaired) electrons. The molecule has 2 heterocycles. The van der Waals surface area contributed by atoms with E-state index in [-0.39, 0.29) is 37.0 Å². The Balaban J connectivity index is 1.34. The summed E-state index contributed by atoms with van der Waals surface area (Å²) >= 11 is 0. The van der Waals surface area contributed by atoms with Crippen LogP contribution in [0.5, 0.6) is 0 Å². The smallest absolute Gasteiger partial charge is 0.316 e. The number of aryl methyl sites for hydroxylation is 1. The first-order valence-electron chi connectivity index (χ1n) is 11.3. The van der Waals surface area contributed by atoms with Crippen molar-refractivity contribution in [2.75, 3.05) is 26.2 Å². The number of piperazine rings is 1. The van der Waals surface area contributed by atoms with Gasteiger partial charge in [0.1, 0.15) is 0 Å². The first-order chi connectivity index (χ1) is 16.8. The molecule has 3 aromatic carbocycles. The van der Waals surface area contributed by atoms with Gasteiger partial charge in [-0.15, -0.1) is 0 Å². The predicted octanol–water partition coefficient (Wildman–Crippen LogP) is 2.01. The Labute approximate surface area is 201 Å². The number of carbonyl (C=O) groups excluding carboxylic acids is 1. The molecule has 1 aliphatic heterocycles. The Morgan fingerprint density at radius 2 is 1.63 bits per heavy atom. The van der Waals surface area contributed by atoms with E-state index in [0.717, 1.165) is 10.8 Å². The van der Waals surface area contributed by atoms with Gasteiger partial charge in [-0.05, 0) is 48.0 Å². The minimum absolute atomic E-state index is 0.181. The number of benzene rings is 3. The fourth-order valence-corrected chi connectivity index (χ4v) is 5.98. The van der Waals surface area contributed by atoms with Crippen molar-refractivity contribution >= 4 is 37.7 Å². The lowest BCUT2D eigenvalue weighted by atomic mass is 10.1. The first kappa shape index (κ1) is 23.0. The topological polar surface area (TPSA) is 113 Å². The highest BCUT2D eigenvalue weighted by Crippen LogP contribution is 2.23. The molecule has 1 aromatic heterocycles. The van der Waals surface area contributed by atoms with E-state index in [9.17, 15) is 22.8 Å². The van der Waals surface area contributed by atoms with Gasteiger partial charge in [-0.1, -0.05) is 30.3 Å². The second kappa shape index (κ2) is 8.79. The van der Waals surface area contributed by atoms with Crippen molar-refractivity contribution in [1.29, 1.82) is 0 Å². The molecule has 5 rings (SSSR count). The molecule has 0 unspecified atom stereocenters. The lowest BCUT2D eigenvalue weighted by molar-refractivity contribution is 0.0698. The van der Waals surface area contributed by atoms with Crippen molar-refractivity contribution in [3.8, 4) is 0 Å². The lowest BCUT2D eigenvalue weighted by Crippen LogP contribution is -2.50. The molecule has 1 saturated heterocycles. The van der Waals surface area contributed by atoms with Crippen LogP contribution in [0.4, 0.5) is 0 Å². The van der Waals surface area contributed by atoms with Crippen molar-refractivity contribution in [2.45, 2.75) is 18.4 Å². The lowest BCUT2D eigenvalue weighted by Gasteiger charge is -2.34. The molecule has 0 bridgehead atoms. The van der Waals surface area contributed by atoms with E-state index in [1.165, 1.54) is 8.87 Å². The number of aromatic nitrogens is 2. The number of nitrogens with zero attached hydrogens (tertiary/aromatic N) is 3. The fourth-order valence-electron chi connectivity index (χ4n) is 4.52. The third-order valence-corrected chi connectivity index (χ3v) is 8.32. The van der Waals surface area contributed by atoms with Crippen molar-refractivity contribution in [3.05, 3.63) is 86.9 Å². The van der Waals surface area contributed by atoms with E-state index in [1.807, 2.05) is 24.3 Å². The maximum atomic E-state index is 13.2. The number of amides is 1. The summed E-state index contributed by atoms with van der Waals surface area (Å²) in [6.07, 6.45) is 0. The van der Waals surface area contributed by atoms with Crippen LogP contribution in [0.3, 0.4) is 0 Å². The van der Waals surface area contributed by atoms with Crippen LogP contribution in [0.25, 0.3) is 21.8 Å². The summed E-state index contributed by atoms with van der Waals surface area (Å²) < 4.78 is 29.2. The normalized spacial score (nSPS) is 15.1. The Kier molecular flexibility index (Phi) is 5.78. The number of aromatic amines is 1. The summed E-state index contributed by atoms with van der Waals surface area (Å²) in [5.41, 5.74) is -0.0701. The number of H-pyrrole nitrogens is 1. The summed E-state index contributed by atoms with van der Waals surface area (Å²) in [5.74, 6) is -0.259. The zero-order valence-electron chi connectivity index (χ0n) is 19.1. The van der Waals surface area contributed by atoms with E-state index in [2.05, 4.69) is 4.98 Å². The molecule has 1 N–H and O–H groups in total. The molecule has 1 aliphatic rings. The third-order valence-electron chi connectivity index (χ3n) is 6.42. The minimum Gasteiger partial charge on any atom is -0.336 e. The van der Waals surface area contributed by atoms with Crippen LogP contribution < -0.4 is 11.1 Å². The number of carbonyl (C=O) groups is 1. The summed E-state index contributed by atoms with van der Waals surface area (Å²) in [6, 6.07) is 17.5. The molecule has 1 fully saturated rings. The van der Waals surface area contributed by atoms with Crippen molar-refractivity contribution < 1.29 is 13.2 Å². The highest BCUT2D eigenvalue weighted by molar-refractivity contribution is 7.89. The number of nitrogens with one attached hydrogen (secondary N) is 1. The number of fused-ring (bicyclic) bond motifs is 2. The zero-order chi connectivity index (χ0) is 24.7. The van der Waals surface area contributed by atoms with Gasteiger partial charge in [-0.2, -0.15) is 4.31 Å². The Morgan fingerprint density at radius 3 is 2.34 bits per heavy atom. The minimum atomic E-state index is -3.69. The standard InChI is InChI=1S/C25H24N4O5S/c1-2-29-22-10-8-19(16-21(22)26-23(30)25(29)32)24(31)27-11-13-28(14-12-27)35(33,34)20-9-7-17-5-3-4-6-18(17)15-20/h3-10,15-16H,2,11-14H2,1H3,(H,26,30). The van der Waals surface area contributed by atoms with Crippen LogP contribution in [-0.4, -0.2) is 59.3 Å². The molecule has 0 atom stereocenters. The predicted molar refractivity (Wildman–Crippen MR) is 133 cm³/mol. The van der Waals surface area contributed by atoms with E-state index in [1.54, 1.807) is 48.2 Å². The van der Waals surface area contributed by atoms with E-state index in [0.29, 0.717) is 23.1 Å². The largest absolute Gasteiger partial charge is 0.336 e. The summed E-state index contributed by atoms with van der Waals surface area (Å²) in [7, 11) is -3.69. The van der Waals surface area contributed by atoms with Gasteiger partial charge in [0.05, 0.1) is 15.9 Å². The third kappa shape index (κ3) is 4.04. The SMILES string of the molecule is CCn1c(=O)c(=O)[nH]c2cc(C(=O)N3CCN(S(=O)(=O)c4ccc5ccccc5c4)CC3)ccc21. The van der Waals surface area contributed by atoms with Crippen molar-refractivity contribution in [3.63, 3.8) is 0 Å². The zero-order valence-corrected chi connectivity index (χ0v) is 19.9.